The van der Waals surface area contributed by atoms with Crippen LogP contribution in [0.5, 0.6) is 0 Å². The van der Waals surface area contributed by atoms with E-state index < -0.39 is 5.91 Å². The minimum Gasteiger partial charge on any atom is -0.366 e. The molecule has 1 fully saturated rings. The first-order chi connectivity index (χ1) is 11.6. The Bertz CT molecular complexity index is 760. The SMILES string of the molecule is NC(=O)c1cnc(N2CCN(C(=O)c3ccccn3)CC2)c(Cl)c1. The van der Waals surface area contributed by atoms with Crippen LogP contribution in [0.15, 0.2) is 36.7 Å². The number of hydrogen-bond acceptors (Lipinski definition) is 5. The average molecular weight is 346 g/mol. The van der Waals surface area contributed by atoms with E-state index in [0.29, 0.717) is 42.7 Å². The van der Waals surface area contributed by atoms with Gasteiger partial charge in [0.05, 0.1) is 10.6 Å². The van der Waals surface area contributed by atoms with Crippen molar-refractivity contribution in [2.24, 2.45) is 5.73 Å². The van der Waals surface area contributed by atoms with E-state index in [4.69, 9.17) is 17.3 Å². The fourth-order valence-electron chi connectivity index (χ4n) is 2.57. The number of piperazine rings is 1. The molecular formula is C16H16ClN5O2. The molecule has 2 aromatic rings. The van der Waals surface area contributed by atoms with E-state index in [1.54, 1.807) is 29.3 Å². The van der Waals surface area contributed by atoms with Crippen molar-refractivity contribution in [2.75, 3.05) is 31.1 Å². The number of primary amides is 1. The van der Waals surface area contributed by atoms with Gasteiger partial charge >= 0.3 is 0 Å². The molecular weight excluding hydrogens is 330 g/mol. The van der Waals surface area contributed by atoms with Crippen molar-refractivity contribution < 1.29 is 9.59 Å². The summed E-state index contributed by atoms with van der Waals surface area (Å²) >= 11 is 6.20. The van der Waals surface area contributed by atoms with Crippen LogP contribution in [0, 0.1) is 0 Å². The summed E-state index contributed by atoms with van der Waals surface area (Å²) in [5.41, 5.74) is 5.93. The van der Waals surface area contributed by atoms with Gasteiger partial charge in [-0.25, -0.2) is 4.98 Å². The molecule has 0 aromatic carbocycles. The number of carbonyl (C=O) groups excluding carboxylic acids is 2. The molecule has 2 aromatic heterocycles. The van der Waals surface area contributed by atoms with Crippen LogP contribution in [0.4, 0.5) is 5.82 Å². The van der Waals surface area contributed by atoms with Crippen LogP contribution in [0.3, 0.4) is 0 Å². The summed E-state index contributed by atoms with van der Waals surface area (Å²) in [5, 5.41) is 0.371. The average Bonchev–Trinajstić information content (AvgIpc) is 2.62. The summed E-state index contributed by atoms with van der Waals surface area (Å²) in [6.45, 7) is 2.29. The number of nitrogens with two attached hydrogens (primary N) is 1. The summed E-state index contributed by atoms with van der Waals surface area (Å²) in [5.74, 6) is -0.0632. The third-order valence-electron chi connectivity index (χ3n) is 3.86. The van der Waals surface area contributed by atoms with E-state index in [0.717, 1.165) is 0 Å². The van der Waals surface area contributed by atoms with Crippen molar-refractivity contribution in [3.05, 3.63) is 52.9 Å². The lowest BCUT2D eigenvalue weighted by atomic mass is 10.2. The van der Waals surface area contributed by atoms with E-state index >= 15 is 0 Å². The molecule has 3 rings (SSSR count). The highest BCUT2D eigenvalue weighted by molar-refractivity contribution is 6.33. The topological polar surface area (TPSA) is 92.4 Å². The van der Waals surface area contributed by atoms with Gasteiger partial charge in [-0.2, -0.15) is 0 Å². The summed E-state index contributed by atoms with van der Waals surface area (Å²) in [7, 11) is 0. The molecule has 2 N–H and O–H groups in total. The fourth-order valence-corrected chi connectivity index (χ4v) is 2.86. The number of pyridine rings is 2. The number of anilines is 1. The van der Waals surface area contributed by atoms with Gasteiger partial charge in [0.15, 0.2) is 0 Å². The van der Waals surface area contributed by atoms with Crippen LogP contribution in [-0.4, -0.2) is 52.9 Å². The zero-order chi connectivity index (χ0) is 17.1. The standard InChI is InChI=1S/C16H16ClN5O2/c17-12-9-11(14(18)23)10-20-15(12)21-5-7-22(8-6-21)16(24)13-3-1-2-4-19-13/h1-4,9-10H,5-8H2,(H2,18,23). The predicted molar refractivity (Wildman–Crippen MR) is 90.1 cm³/mol. The maximum absolute atomic E-state index is 12.4. The molecule has 0 saturated carbocycles. The van der Waals surface area contributed by atoms with E-state index in [9.17, 15) is 9.59 Å². The molecule has 7 nitrogen and oxygen atoms in total. The summed E-state index contributed by atoms with van der Waals surface area (Å²) in [6, 6.07) is 6.78. The van der Waals surface area contributed by atoms with Gasteiger partial charge in [0, 0.05) is 38.6 Å². The third-order valence-corrected chi connectivity index (χ3v) is 4.13. The van der Waals surface area contributed by atoms with E-state index in [1.807, 2.05) is 4.90 Å². The van der Waals surface area contributed by atoms with Crippen LogP contribution >= 0.6 is 11.6 Å². The number of aromatic nitrogens is 2. The summed E-state index contributed by atoms with van der Waals surface area (Å²) in [4.78, 5) is 35.6. The zero-order valence-corrected chi connectivity index (χ0v) is 13.6. The highest BCUT2D eigenvalue weighted by Gasteiger charge is 2.24. The van der Waals surface area contributed by atoms with E-state index in [-0.39, 0.29) is 11.5 Å². The molecule has 124 valence electrons. The molecule has 24 heavy (non-hydrogen) atoms. The molecule has 0 atom stereocenters. The first kappa shape index (κ1) is 16.2. The Kier molecular flexibility index (Phi) is 4.61. The van der Waals surface area contributed by atoms with Crippen molar-refractivity contribution in [1.82, 2.24) is 14.9 Å². The molecule has 0 unspecified atom stereocenters. The molecule has 0 radical (unpaired) electrons. The van der Waals surface area contributed by atoms with E-state index in [1.165, 1.54) is 12.3 Å². The minimum absolute atomic E-state index is 0.0848. The molecule has 2 amide bonds. The van der Waals surface area contributed by atoms with Crippen molar-refractivity contribution >= 4 is 29.2 Å². The Hall–Kier alpha value is -2.67. The largest absolute Gasteiger partial charge is 0.366 e. The molecule has 0 aliphatic carbocycles. The number of rotatable bonds is 3. The van der Waals surface area contributed by atoms with Gasteiger partial charge in [0.2, 0.25) is 5.91 Å². The smallest absolute Gasteiger partial charge is 0.272 e. The van der Waals surface area contributed by atoms with Crippen LogP contribution < -0.4 is 10.6 Å². The normalized spacial score (nSPS) is 14.5. The molecule has 3 heterocycles. The maximum Gasteiger partial charge on any atom is 0.272 e. The quantitative estimate of drug-likeness (QED) is 0.902. The van der Waals surface area contributed by atoms with E-state index in [2.05, 4.69) is 9.97 Å². The Labute approximate surface area is 144 Å². The monoisotopic (exact) mass is 345 g/mol. The van der Waals surface area contributed by atoms with Crippen LogP contribution in [0.1, 0.15) is 20.8 Å². The first-order valence-electron chi connectivity index (χ1n) is 7.47. The molecule has 0 spiro atoms. The molecule has 1 saturated heterocycles. The van der Waals surface area contributed by atoms with Gasteiger partial charge in [-0.15, -0.1) is 0 Å². The van der Waals surface area contributed by atoms with Gasteiger partial charge in [0.25, 0.3) is 5.91 Å². The highest BCUT2D eigenvalue weighted by Crippen LogP contribution is 2.25. The molecule has 1 aliphatic rings. The summed E-state index contributed by atoms with van der Waals surface area (Å²) in [6.07, 6.45) is 3.02. The Morgan fingerprint density at radius 3 is 2.46 bits per heavy atom. The fraction of sp³-hybridized carbons (Fsp3) is 0.250. The van der Waals surface area contributed by atoms with Crippen molar-refractivity contribution in [3.8, 4) is 0 Å². The Balaban J connectivity index is 1.67. The Morgan fingerprint density at radius 1 is 1.12 bits per heavy atom. The second-order valence-electron chi connectivity index (χ2n) is 5.39. The number of nitrogens with zero attached hydrogens (tertiary/aromatic N) is 4. The number of amides is 2. The predicted octanol–water partition coefficient (Wildman–Crippen LogP) is 1.19. The number of carbonyl (C=O) groups is 2. The van der Waals surface area contributed by atoms with Crippen LogP contribution in [0.2, 0.25) is 5.02 Å². The number of halogens is 1. The van der Waals surface area contributed by atoms with Crippen molar-refractivity contribution in [3.63, 3.8) is 0 Å². The lowest BCUT2D eigenvalue weighted by molar-refractivity contribution is 0.0740. The van der Waals surface area contributed by atoms with Crippen molar-refractivity contribution in [1.29, 1.82) is 0 Å². The molecule has 1 aliphatic heterocycles. The van der Waals surface area contributed by atoms with Gasteiger partial charge in [-0.05, 0) is 18.2 Å². The molecule has 0 bridgehead atoms. The third kappa shape index (κ3) is 3.30. The second kappa shape index (κ2) is 6.84. The minimum atomic E-state index is -0.568. The highest BCUT2D eigenvalue weighted by atomic mass is 35.5. The first-order valence-corrected chi connectivity index (χ1v) is 7.84. The van der Waals surface area contributed by atoms with Crippen LogP contribution in [-0.2, 0) is 0 Å². The molecule has 8 heteroatoms. The lowest BCUT2D eigenvalue weighted by Gasteiger charge is -2.35. The van der Waals surface area contributed by atoms with Gasteiger partial charge in [-0.3, -0.25) is 14.6 Å². The van der Waals surface area contributed by atoms with Gasteiger partial charge < -0.3 is 15.5 Å². The lowest BCUT2D eigenvalue weighted by Crippen LogP contribution is -2.49. The number of hydrogen-bond donors (Lipinski definition) is 1. The zero-order valence-electron chi connectivity index (χ0n) is 12.9. The maximum atomic E-state index is 12.4. The Morgan fingerprint density at radius 2 is 1.88 bits per heavy atom. The van der Waals surface area contributed by atoms with Gasteiger partial charge in [-0.1, -0.05) is 17.7 Å². The van der Waals surface area contributed by atoms with Crippen molar-refractivity contribution in [2.45, 2.75) is 0 Å². The van der Waals surface area contributed by atoms with Crippen LogP contribution in [0.25, 0.3) is 0 Å². The summed E-state index contributed by atoms with van der Waals surface area (Å²) < 4.78 is 0. The van der Waals surface area contributed by atoms with Gasteiger partial charge in [0.1, 0.15) is 11.5 Å². The second-order valence-corrected chi connectivity index (χ2v) is 5.80.